The molecule has 2 amide bonds. The Kier molecular flexibility index (Phi) is 5.21. The summed E-state index contributed by atoms with van der Waals surface area (Å²) in [5, 5.41) is 10.5. The number of hydrogen-bond donors (Lipinski definition) is 0. The van der Waals surface area contributed by atoms with Gasteiger partial charge in [0, 0.05) is 16.2 Å². The number of halogens is 1. The zero-order valence-electron chi connectivity index (χ0n) is 15.8. The first-order chi connectivity index (χ1) is 12.6. The standard InChI is InChI=1S/C21H22ClN2O2P/c1-13-9-18(22)14(10-15(12-23)27(2,3)4)11-19(13)24-20(25)16-7-5-6-8-17(16)21(24)26/h9-11H,2,5-8H2,1,3-4H3/b15-10+. The predicted octanol–water partition coefficient (Wildman–Crippen LogP) is 4.97. The number of anilines is 1. The fourth-order valence-electron chi connectivity index (χ4n) is 3.48. The van der Waals surface area contributed by atoms with Gasteiger partial charge in [-0.2, -0.15) is 5.26 Å². The molecule has 140 valence electrons. The molecule has 1 aromatic rings. The fraction of sp³-hybridized carbons (Fsp3) is 0.333. The van der Waals surface area contributed by atoms with E-state index in [1.165, 1.54) is 4.90 Å². The highest BCUT2D eigenvalue weighted by Gasteiger charge is 2.40. The van der Waals surface area contributed by atoms with Gasteiger partial charge >= 0.3 is 0 Å². The number of amides is 2. The summed E-state index contributed by atoms with van der Waals surface area (Å²) in [4.78, 5) is 27.0. The minimum Gasteiger partial charge on any atom is -0.269 e. The van der Waals surface area contributed by atoms with Gasteiger partial charge in [-0.05, 0) is 75.3 Å². The maximum Gasteiger partial charge on any atom is 0.261 e. The number of hydrogen-bond acceptors (Lipinski definition) is 3. The van der Waals surface area contributed by atoms with Crippen molar-refractivity contribution in [1.82, 2.24) is 0 Å². The first-order valence-electron chi connectivity index (χ1n) is 8.87. The smallest absolute Gasteiger partial charge is 0.261 e. The highest BCUT2D eigenvalue weighted by atomic mass is 35.5. The van der Waals surface area contributed by atoms with Crippen LogP contribution in [-0.4, -0.2) is 31.4 Å². The Morgan fingerprint density at radius 2 is 1.78 bits per heavy atom. The molecule has 1 aliphatic heterocycles. The SMILES string of the molecule is C=P(C)(C)/C(C#N)=C/c1cc(N2C(=O)C3=C(CCCC3)C2=O)c(C)cc1Cl. The van der Waals surface area contributed by atoms with E-state index in [4.69, 9.17) is 11.6 Å². The normalized spacial score (nSPS) is 18.0. The molecular formula is C21H22ClN2O2P. The molecule has 1 heterocycles. The molecule has 3 rings (SSSR count). The van der Waals surface area contributed by atoms with E-state index in [2.05, 4.69) is 12.4 Å². The van der Waals surface area contributed by atoms with Crippen molar-refractivity contribution in [2.75, 3.05) is 18.2 Å². The Bertz CT molecular complexity index is 980. The molecular weight excluding hydrogens is 379 g/mol. The van der Waals surface area contributed by atoms with Gasteiger partial charge in [-0.3, -0.25) is 9.59 Å². The number of carbonyl (C=O) groups is 2. The molecule has 0 unspecified atom stereocenters. The van der Waals surface area contributed by atoms with Crippen molar-refractivity contribution in [3.63, 3.8) is 0 Å². The summed E-state index contributed by atoms with van der Waals surface area (Å²) in [7, 11) is 0. The van der Waals surface area contributed by atoms with Crippen LogP contribution in [0.5, 0.6) is 0 Å². The Morgan fingerprint density at radius 1 is 1.22 bits per heavy atom. The lowest BCUT2D eigenvalue weighted by atomic mass is 9.93. The molecule has 0 radical (unpaired) electrons. The largest absolute Gasteiger partial charge is 0.269 e. The van der Waals surface area contributed by atoms with Gasteiger partial charge in [0.2, 0.25) is 0 Å². The van der Waals surface area contributed by atoms with E-state index < -0.39 is 6.89 Å². The molecule has 0 N–H and O–H groups in total. The quantitative estimate of drug-likeness (QED) is 0.409. The van der Waals surface area contributed by atoms with Gasteiger partial charge in [0.05, 0.1) is 17.1 Å². The van der Waals surface area contributed by atoms with Gasteiger partial charge in [0.1, 0.15) is 0 Å². The topological polar surface area (TPSA) is 61.2 Å². The van der Waals surface area contributed by atoms with Crippen molar-refractivity contribution < 1.29 is 9.59 Å². The van der Waals surface area contributed by atoms with Crippen LogP contribution >= 0.6 is 18.5 Å². The molecule has 0 saturated carbocycles. The van der Waals surface area contributed by atoms with E-state index >= 15 is 0 Å². The molecule has 1 aromatic carbocycles. The summed E-state index contributed by atoms with van der Waals surface area (Å²) >= 11 is 6.39. The number of nitrogens with zero attached hydrogens (tertiary/aromatic N) is 2. The second-order valence-corrected chi connectivity index (χ2v) is 11.9. The molecule has 2 aliphatic rings. The minimum absolute atomic E-state index is 0.222. The summed E-state index contributed by atoms with van der Waals surface area (Å²) in [6.45, 7) is 3.97. The van der Waals surface area contributed by atoms with E-state index in [-0.39, 0.29) is 11.8 Å². The number of benzene rings is 1. The maximum absolute atomic E-state index is 12.9. The van der Waals surface area contributed by atoms with Crippen molar-refractivity contribution in [3.05, 3.63) is 44.7 Å². The van der Waals surface area contributed by atoms with Gasteiger partial charge in [-0.1, -0.05) is 24.8 Å². The second kappa shape index (κ2) is 7.15. The third-order valence-electron chi connectivity index (χ3n) is 5.01. The van der Waals surface area contributed by atoms with Crippen molar-refractivity contribution in [1.29, 1.82) is 5.26 Å². The van der Waals surface area contributed by atoms with Crippen molar-refractivity contribution >= 4 is 48.4 Å². The van der Waals surface area contributed by atoms with Crippen molar-refractivity contribution in [2.24, 2.45) is 0 Å². The van der Waals surface area contributed by atoms with Crippen LogP contribution in [0.25, 0.3) is 6.08 Å². The minimum atomic E-state index is -1.77. The number of allylic oxidation sites excluding steroid dienone is 1. The fourth-order valence-corrected chi connectivity index (χ4v) is 4.51. The number of rotatable bonds is 3. The molecule has 0 atom stereocenters. The predicted molar refractivity (Wildman–Crippen MR) is 114 cm³/mol. The number of imide groups is 1. The van der Waals surface area contributed by atoms with Crippen LogP contribution in [0.2, 0.25) is 5.02 Å². The zero-order valence-corrected chi connectivity index (χ0v) is 17.5. The van der Waals surface area contributed by atoms with Crippen LogP contribution in [0.4, 0.5) is 5.69 Å². The summed E-state index contributed by atoms with van der Waals surface area (Å²) in [6, 6.07) is 5.69. The summed E-state index contributed by atoms with van der Waals surface area (Å²) in [5.41, 5.74) is 3.21. The Balaban J connectivity index is 2.10. The van der Waals surface area contributed by atoms with Crippen LogP contribution in [0, 0.1) is 18.3 Å². The number of carbonyl (C=O) groups excluding carboxylic acids is 2. The van der Waals surface area contributed by atoms with E-state index in [0.717, 1.165) is 18.4 Å². The van der Waals surface area contributed by atoms with Crippen molar-refractivity contribution in [2.45, 2.75) is 32.6 Å². The summed E-state index contributed by atoms with van der Waals surface area (Å²) in [5.74, 6) is -0.443. The van der Waals surface area contributed by atoms with E-state index in [1.807, 2.05) is 20.3 Å². The molecule has 6 heteroatoms. The number of nitriles is 1. The molecule has 0 saturated heterocycles. The van der Waals surface area contributed by atoms with Gasteiger partial charge < -0.3 is 0 Å². The van der Waals surface area contributed by atoms with Crippen LogP contribution in [0.3, 0.4) is 0 Å². The highest BCUT2D eigenvalue weighted by Crippen LogP contribution is 2.47. The zero-order chi connectivity index (χ0) is 19.9. The number of aryl methyl sites for hydroxylation is 1. The molecule has 0 fully saturated rings. The first kappa shape index (κ1) is 19.7. The van der Waals surface area contributed by atoms with Gasteiger partial charge in [0.15, 0.2) is 0 Å². The third-order valence-corrected chi connectivity index (χ3v) is 6.87. The molecule has 0 aromatic heterocycles. The Morgan fingerprint density at radius 3 is 2.26 bits per heavy atom. The van der Waals surface area contributed by atoms with E-state index in [1.54, 1.807) is 18.2 Å². The van der Waals surface area contributed by atoms with Gasteiger partial charge in [-0.15, -0.1) is 0 Å². The van der Waals surface area contributed by atoms with Crippen LogP contribution in [0.1, 0.15) is 36.8 Å². The molecule has 0 spiro atoms. The Hall–Kier alpha value is -2.08. The lowest BCUT2D eigenvalue weighted by Gasteiger charge is -2.19. The highest BCUT2D eigenvalue weighted by molar-refractivity contribution is 7.76. The van der Waals surface area contributed by atoms with Gasteiger partial charge in [-0.25, -0.2) is 4.90 Å². The second-order valence-electron chi connectivity index (χ2n) is 7.60. The monoisotopic (exact) mass is 400 g/mol. The summed E-state index contributed by atoms with van der Waals surface area (Å²) < 4.78 is 0. The van der Waals surface area contributed by atoms with Crippen LogP contribution < -0.4 is 4.90 Å². The first-order valence-corrected chi connectivity index (χ1v) is 12.1. The molecule has 0 bridgehead atoms. The molecule has 27 heavy (non-hydrogen) atoms. The van der Waals surface area contributed by atoms with E-state index in [0.29, 0.717) is 45.6 Å². The van der Waals surface area contributed by atoms with Crippen LogP contribution in [-0.2, 0) is 9.59 Å². The van der Waals surface area contributed by atoms with Crippen molar-refractivity contribution in [3.8, 4) is 6.07 Å². The molecule has 4 nitrogen and oxygen atoms in total. The lowest BCUT2D eigenvalue weighted by Crippen LogP contribution is -2.32. The lowest BCUT2D eigenvalue weighted by molar-refractivity contribution is -0.120. The summed E-state index contributed by atoms with van der Waals surface area (Å²) in [6.07, 6.45) is 9.03. The molecule has 1 aliphatic carbocycles. The average Bonchev–Trinajstić information content (AvgIpc) is 2.85. The van der Waals surface area contributed by atoms with E-state index in [9.17, 15) is 14.9 Å². The average molecular weight is 401 g/mol. The van der Waals surface area contributed by atoms with Gasteiger partial charge in [0.25, 0.3) is 11.8 Å². The van der Waals surface area contributed by atoms with Crippen LogP contribution in [0.15, 0.2) is 28.6 Å². The third kappa shape index (κ3) is 3.55. The maximum atomic E-state index is 12.9. The Labute approximate surface area is 165 Å².